The van der Waals surface area contributed by atoms with Gasteiger partial charge in [-0.15, -0.1) is 0 Å². The van der Waals surface area contributed by atoms with Crippen LogP contribution in [0.2, 0.25) is 0 Å². The molecule has 8 heteroatoms. The number of nitriles is 1. The van der Waals surface area contributed by atoms with Crippen molar-refractivity contribution in [1.29, 1.82) is 5.26 Å². The standard InChI is InChI=1S/C21H18F2N6/c1-21(2,20(22)23)13-29-12-15(11-26-29)17-4-3-16(10-24)27-19(17)14-5-7-28-8-6-25-18(28)9-14/h3-9,11-12,20H,13H2,1-2H3. The highest BCUT2D eigenvalue weighted by Crippen LogP contribution is 2.32. The van der Waals surface area contributed by atoms with Gasteiger partial charge >= 0.3 is 0 Å². The third-order valence-corrected chi connectivity index (χ3v) is 4.79. The molecule has 0 aliphatic carbocycles. The van der Waals surface area contributed by atoms with Crippen LogP contribution in [0.1, 0.15) is 19.5 Å². The zero-order chi connectivity index (χ0) is 20.6. The minimum Gasteiger partial charge on any atom is -0.307 e. The number of halogens is 2. The zero-order valence-corrected chi connectivity index (χ0v) is 15.9. The van der Waals surface area contributed by atoms with Crippen LogP contribution >= 0.6 is 0 Å². The van der Waals surface area contributed by atoms with Gasteiger partial charge in [0.1, 0.15) is 17.4 Å². The number of pyridine rings is 2. The number of hydrogen-bond acceptors (Lipinski definition) is 4. The molecule has 0 bridgehead atoms. The van der Waals surface area contributed by atoms with E-state index in [0.717, 1.165) is 22.3 Å². The van der Waals surface area contributed by atoms with Gasteiger partial charge < -0.3 is 4.40 Å². The highest BCUT2D eigenvalue weighted by molar-refractivity contribution is 5.81. The zero-order valence-electron chi connectivity index (χ0n) is 15.9. The molecule has 0 aliphatic heterocycles. The van der Waals surface area contributed by atoms with E-state index in [4.69, 9.17) is 0 Å². The van der Waals surface area contributed by atoms with Crippen LogP contribution in [0.25, 0.3) is 28.0 Å². The Morgan fingerprint density at radius 1 is 1.17 bits per heavy atom. The van der Waals surface area contributed by atoms with Crippen molar-refractivity contribution < 1.29 is 8.78 Å². The second-order valence-electron chi connectivity index (χ2n) is 7.53. The Morgan fingerprint density at radius 3 is 2.76 bits per heavy atom. The molecule has 0 radical (unpaired) electrons. The molecule has 0 N–H and O–H groups in total. The maximum absolute atomic E-state index is 13.2. The van der Waals surface area contributed by atoms with Crippen molar-refractivity contribution >= 4 is 5.65 Å². The number of aromatic nitrogens is 5. The summed E-state index contributed by atoms with van der Waals surface area (Å²) in [6, 6.07) is 9.28. The molecule has 0 saturated heterocycles. The number of imidazole rings is 1. The summed E-state index contributed by atoms with van der Waals surface area (Å²) in [5.74, 6) is 0. The number of fused-ring (bicyclic) bond motifs is 1. The second-order valence-corrected chi connectivity index (χ2v) is 7.53. The fourth-order valence-corrected chi connectivity index (χ4v) is 3.11. The van der Waals surface area contributed by atoms with Crippen molar-refractivity contribution in [3.63, 3.8) is 0 Å². The maximum atomic E-state index is 13.2. The first-order chi connectivity index (χ1) is 13.9. The summed E-state index contributed by atoms with van der Waals surface area (Å²) >= 11 is 0. The van der Waals surface area contributed by atoms with Crippen molar-refractivity contribution in [2.45, 2.75) is 26.8 Å². The summed E-state index contributed by atoms with van der Waals surface area (Å²) in [6.45, 7) is 3.10. The van der Waals surface area contributed by atoms with E-state index in [1.54, 1.807) is 30.7 Å². The molecule has 4 rings (SSSR count). The van der Waals surface area contributed by atoms with E-state index in [2.05, 4.69) is 21.1 Å². The highest BCUT2D eigenvalue weighted by Gasteiger charge is 2.30. The molecule has 0 unspecified atom stereocenters. The first kappa shape index (κ1) is 18.7. The van der Waals surface area contributed by atoms with Crippen LogP contribution in [0, 0.1) is 16.7 Å². The van der Waals surface area contributed by atoms with Gasteiger partial charge in [-0.05, 0) is 24.3 Å². The topological polar surface area (TPSA) is 71.8 Å². The van der Waals surface area contributed by atoms with E-state index in [-0.39, 0.29) is 12.2 Å². The van der Waals surface area contributed by atoms with Crippen molar-refractivity contribution in [3.8, 4) is 28.5 Å². The van der Waals surface area contributed by atoms with Crippen molar-refractivity contribution in [3.05, 3.63) is 60.9 Å². The molecular weight excluding hydrogens is 374 g/mol. The molecule has 0 spiro atoms. The Bertz CT molecular complexity index is 1220. The SMILES string of the molecule is CC(C)(Cn1cc(-c2ccc(C#N)nc2-c2ccn3ccnc3c2)cn1)C(F)F. The van der Waals surface area contributed by atoms with E-state index in [1.807, 2.05) is 28.9 Å². The van der Waals surface area contributed by atoms with Gasteiger partial charge in [0.2, 0.25) is 6.43 Å². The Balaban J connectivity index is 1.78. The normalized spacial score (nSPS) is 11.9. The fourth-order valence-electron chi connectivity index (χ4n) is 3.11. The van der Waals surface area contributed by atoms with Crippen LogP contribution in [-0.4, -0.2) is 30.6 Å². The average Bonchev–Trinajstić information content (AvgIpc) is 3.35. The van der Waals surface area contributed by atoms with Gasteiger partial charge in [0.05, 0.1) is 18.4 Å². The lowest BCUT2D eigenvalue weighted by molar-refractivity contribution is 0.00608. The summed E-state index contributed by atoms with van der Waals surface area (Å²) in [6.07, 6.45) is 6.31. The van der Waals surface area contributed by atoms with Crippen LogP contribution in [0.3, 0.4) is 0 Å². The van der Waals surface area contributed by atoms with Gasteiger partial charge in [-0.25, -0.2) is 18.7 Å². The van der Waals surface area contributed by atoms with Gasteiger partial charge in [0, 0.05) is 46.9 Å². The molecule has 4 aromatic heterocycles. The highest BCUT2D eigenvalue weighted by atomic mass is 19.3. The molecule has 0 saturated carbocycles. The lowest BCUT2D eigenvalue weighted by Gasteiger charge is -2.23. The van der Waals surface area contributed by atoms with Crippen molar-refractivity contribution in [2.24, 2.45) is 5.41 Å². The molecule has 0 aliphatic rings. The van der Waals surface area contributed by atoms with E-state index in [0.29, 0.717) is 5.69 Å². The minimum absolute atomic E-state index is 0.0870. The van der Waals surface area contributed by atoms with Gasteiger partial charge in [-0.1, -0.05) is 13.8 Å². The van der Waals surface area contributed by atoms with Crippen molar-refractivity contribution in [1.82, 2.24) is 24.1 Å². The number of hydrogen-bond donors (Lipinski definition) is 0. The lowest BCUT2D eigenvalue weighted by atomic mass is 9.94. The Kier molecular flexibility index (Phi) is 4.59. The number of nitrogens with zero attached hydrogens (tertiary/aromatic N) is 6. The van der Waals surface area contributed by atoms with E-state index < -0.39 is 11.8 Å². The summed E-state index contributed by atoms with van der Waals surface area (Å²) in [4.78, 5) is 8.78. The van der Waals surface area contributed by atoms with Crippen LogP contribution in [-0.2, 0) is 6.54 Å². The molecule has 146 valence electrons. The summed E-state index contributed by atoms with van der Waals surface area (Å²) < 4.78 is 29.8. The molecule has 0 amide bonds. The largest absolute Gasteiger partial charge is 0.307 e. The Morgan fingerprint density at radius 2 is 2.00 bits per heavy atom. The monoisotopic (exact) mass is 392 g/mol. The summed E-state index contributed by atoms with van der Waals surface area (Å²) in [5, 5.41) is 13.5. The van der Waals surface area contributed by atoms with E-state index >= 15 is 0 Å². The predicted molar refractivity (Wildman–Crippen MR) is 104 cm³/mol. The van der Waals surface area contributed by atoms with Gasteiger partial charge in [-0.2, -0.15) is 10.4 Å². The smallest absolute Gasteiger partial charge is 0.245 e. The predicted octanol–water partition coefficient (Wildman–Crippen LogP) is 4.42. The Hall–Kier alpha value is -3.60. The van der Waals surface area contributed by atoms with E-state index in [1.165, 1.54) is 18.5 Å². The van der Waals surface area contributed by atoms with Crippen LogP contribution < -0.4 is 0 Å². The van der Waals surface area contributed by atoms with Gasteiger partial charge in [0.25, 0.3) is 0 Å². The molecule has 6 nitrogen and oxygen atoms in total. The number of rotatable bonds is 5. The first-order valence-corrected chi connectivity index (χ1v) is 9.02. The van der Waals surface area contributed by atoms with Crippen LogP contribution in [0.4, 0.5) is 8.78 Å². The van der Waals surface area contributed by atoms with Gasteiger partial charge in [-0.3, -0.25) is 4.68 Å². The molecule has 0 aromatic carbocycles. The molecule has 29 heavy (non-hydrogen) atoms. The Labute approximate surface area is 166 Å². The first-order valence-electron chi connectivity index (χ1n) is 9.02. The lowest BCUT2D eigenvalue weighted by Crippen LogP contribution is -2.27. The van der Waals surface area contributed by atoms with E-state index in [9.17, 15) is 14.0 Å². The molecule has 4 heterocycles. The third-order valence-electron chi connectivity index (χ3n) is 4.79. The fraction of sp³-hybridized carbons (Fsp3) is 0.238. The molecule has 0 fully saturated rings. The minimum atomic E-state index is -2.46. The second kappa shape index (κ2) is 7.09. The van der Waals surface area contributed by atoms with Crippen LogP contribution in [0.15, 0.2) is 55.2 Å². The van der Waals surface area contributed by atoms with Crippen LogP contribution in [0.5, 0.6) is 0 Å². The average molecular weight is 392 g/mol. The maximum Gasteiger partial charge on any atom is 0.245 e. The van der Waals surface area contributed by atoms with Crippen molar-refractivity contribution in [2.75, 3.05) is 0 Å². The molecular formula is C21H18F2N6. The molecule has 0 atom stereocenters. The number of alkyl halides is 2. The third kappa shape index (κ3) is 3.59. The summed E-state index contributed by atoms with van der Waals surface area (Å²) in [5.41, 5.74) is 2.77. The van der Waals surface area contributed by atoms with Gasteiger partial charge in [0.15, 0.2) is 0 Å². The summed E-state index contributed by atoms with van der Waals surface area (Å²) in [7, 11) is 0. The molecule has 4 aromatic rings. The quantitative estimate of drug-likeness (QED) is 0.504.